The fourth-order valence-corrected chi connectivity index (χ4v) is 2.14. The summed E-state index contributed by atoms with van der Waals surface area (Å²) in [4.78, 5) is 8.63. The minimum atomic E-state index is -4.59. The van der Waals surface area contributed by atoms with Gasteiger partial charge < -0.3 is 4.90 Å². The Morgan fingerprint density at radius 1 is 1.19 bits per heavy atom. The summed E-state index contributed by atoms with van der Waals surface area (Å²) in [5, 5.41) is -0.138. The second-order valence-electron chi connectivity index (χ2n) is 4.24. The zero-order valence-electron chi connectivity index (χ0n) is 11.3. The first-order valence-corrected chi connectivity index (χ1v) is 7.43. The van der Waals surface area contributed by atoms with Crippen LogP contribution in [0.1, 0.15) is 5.56 Å². The van der Waals surface area contributed by atoms with Crippen LogP contribution in [0.5, 0.6) is 0 Å². The topological polar surface area (TPSA) is 46.1 Å². The second-order valence-corrected chi connectivity index (χ2v) is 5.51. The van der Waals surface area contributed by atoms with Crippen molar-refractivity contribution in [1.29, 1.82) is 0 Å². The molecular weight excluding hydrogens is 303 g/mol. The zero-order chi connectivity index (χ0) is 15.6. The monoisotopic (exact) mass is 315 g/mol. The average Bonchev–Trinajstić information content (AvgIpc) is 2.45. The normalized spacial score (nSPS) is 13.0. The number of anilines is 2. The smallest absolute Gasteiger partial charge is 0.329 e. The number of rotatable bonds is 3. The lowest BCUT2D eigenvalue weighted by Crippen LogP contribution is -2.20. The second kappa shape index (κ2) is 5.80. The lowest BCUT2D eigenvalue weighted by atomic mass is 10.2. The van der Waals surface area contributed by atoms with E-state index >= 15 is 0 Å². The number of para-hydroxylation sites is 1. The van der Waals surface area contributed by atoms with Crippen LogP contribution in [0.15, 0.2) is 41.7 Å². The SMILES string of the molecule is CN(c1ccccc1)c1nc(S(C)=O)ncc1C(F)(F)F. The van der Waals surface area contributed by atoms with Crippen LogP contribution < -0.4 is 4.90 Å². The van der Waals surface area contributed by atoms with Crippen LogP contribution >= 0.6 is 0 Å². The highest BCUT2D eigenvalue weighted by Gasteiger charge is 2.36. The van der Waals surface area contributed by atoms with E-state index < -0.39 is 22.5 Å². The lowest BCUT2D eigenvalue weighted by molar-refractivity contribution is -0.137. The van der Waals surface area contributed by atoms with Gasteiger partial charge in [0.25, 0.3) is 0 Å². The molecule has 8 heteroatoms. The first-order chi connectivity index (χ1) is 9.80. The maximum absolute atomic E-state index is 13.1. The molecule has 0 aliphatic carbocycles. The summed E-state index contributed by atoms with van der Waals surface area (Å²) in [6, 6.07) is 8.49. The number of benzene rings is 1. The van der Waals surface area contributed by atoms with Crippen LogP contribution in [0.4, 0.5) is 24.7 Å². The summed E-state index contributed by atoms with van der Waals surface area (Å²) in [6.45, 7) is 0. The first-order valence-electron chi connectivity index (χ1n) is 5.87. The Kier molecular flexibility index (Phi) is 4.26. The number of halogens is 3. The first kappa shape index (κ1) is 15.4. The number of aromatic nitrogens is 2. The van der Waals surface area contributed by atoms with Gasteiger partial charge in [-0.2, -0.15) is 13.2 Å². The van der Waals surface area contributed by atoms with Crippen molar-refractivity contribution in [2.24, 2.45) is 0 Å². The van der Waals surface area contributed by atoms with Gasteiger partial charge in [-0.25, -0.2) is 9.97 Å². The van der Waals surface area contributed by atoms with Crippen LogP contribution in [-0.2, 0) is 17.0 Å². The van der Waals surface area contributed by atoms with E-state index in [4.69, 9.17) is 0 Å². The van der Waals surface area contributed by atoms with Gasteiger partial charge in [0.15, 0.2) is 0 Å². The molecule has 2 rings (SSSR count). The van der Waals surface area contributed by atoms with Crippen molar-refractivity contribution in [2.45, 2.75) is 11.3 Å². The molecule has 1 aromatic heterocycles. The van der Waals surface area contributed by atoms with E-state index in [1.807, 2.05) is 0 Å². The van der Waals surface area contributed by atoms with E-state index in [1.165, 1.54) is 18.2 Å². The summed E-state index contributed by atoms with van der Waals surface area (Å²) < 4.78 is 50.6. The van der Waals surface area contributed by atoms with Gasteiger partial charge in [0, 0.05) is 25.2 Å². The predicted molar refractivity (Wildman–Crippen MR) is 73.9 cm³/mol. The van der Waals surface area contributed by atoms with Crippen molar-refractivity contribution in [2.75, 3.05) is 18.2 Å². The van der Waals surface area contributed by atoms with Crippen molar-refractivity contribution in [3.63, 3.8) is 0 Å². The standard InChI is InChI=1S/C13H12F3N3OS/c1-19(9-6-4-3-5-7-9)11-10(13(14,15)16)8-17-12(18-11)21(2)20/h3-8H,1-2H3. The van der Waals surface area contributed by atoms with E-state index in [0.717, 1.165) is 0 Å². The Balaban J connectivity index is 2.58. The van der Waals surface area contributed by atoms with Gasteiger partial charge in [0.2, 0.25) is 5.16 Å². The molecule has 0 aliphatic rings. The molecule has 0 amide bonds. The van der Waals surface area contributed by atoms with E-state index in [0.29, 0.717) is 11.9 Å². The van der Waals surface area contributed by atoms with Crippen LogP contribution in [0, 0.1) is 0 Å². The fraction of sp³-hybridized carbons (Fsp3) is 0.231. The predicted octanol–water partition coefficient (Wildman–Crippen LogP) is 3.00. The maximum Gasteiger partial charge on any atom is 0.421 e. The van der Waals surface area contributed by atoms with Crippen molar-refractivity contribution in [1.82, 2.24) is 9.97 Å². The third-order valence-electron chi connectivity index (χ3n) is 2.77. The summed E-state index contributed by atoms with van der Waals surface area (Å²) in [5.41, 5.74) is -0.433. The Morgan fingerprint density at radius 2 is 1.81 bits per heavy atom. The van der Waals surface area contributed by atoms with E-state index in [1.54, 1.807) is 30.3 Å². The number of hydrogen-bond donors (Lipinski definition) is 0. The van der Waals surface area contributed by atoms with Gasteiger partial charge >= 0.3 is 6.18 Å². The van der Waals surface area contributed by atoms with Gasteiger partial charge in [0.1, 0.15) is 11.4 Å². The molecule has 0 N–H and O–H groups in total. The van der Waals surface area contributed by atoms with Crippen molar-refractivity contribution < 1.29 is 17.4 Å². The molecule has 1 heterocycles. The average molecular weight is 315 g/mol. The summed E-state index contributed by atoms with van der Waals surface area (Å²) in [6.07, 6.45) is -2.61. The van der Waals surface area contributed by atoms with E-state index in [-0.39, 0.29) is 11.0 Å². The molecule has 0 bridgehead atoms. The molecular formula is C13H12F3N3OS. The van der Waals surface area contributed by atoms with Crippen molar-refractivity contribution in [3.05, 3.63) is 42.1 Å². The molecule has 4 nitrogen and oxygen atoms in total. The van der Waals surface area contributed by atoms with Crippen LogP contribution in [-0.4, -0.2) is 27.5 Å². The molecule has 0 fully saturated rings. The molecule has 1 aromatic carbocycles. The molecule has 0 saturated heterocycles. The number of alkyl halides is 3. The summed E-state index contributed by atoms with van der Waals surface area (Å²) >= 11 is 0. The minimum absolute atomic E-state index is 0.138. The fourth-order valence-electron chi connectivity index (χ4n) is 1.73. The van der Waals surface area contributed by atoms with E-state index in [2.05, 4.69) is 9.97 Å². The van der Waals surface area contributed by atoms with Gasteiger partial charge in [-0.3, -0.25) is 4.21 Å². The third-order valence-corrected chi connectivity index (χ3v) is 3.48. The summed E-state index contributed by atoms with van der Waals surface area (Å²) in [5.74, 6) is -0.325. The molecule has 112 valence electrons. The minimum Gasteiger partial charge on any atom is -0.329 e. The third kappa shape index (κ3) is 3.38. The van der Waals surface area contributed by atoms with E-state index in [9.17, 15) is 17.4 Å². The quantitative estimate of drug-likeness (QED) is 0.817. The molecule has 1 atom stereocenters. The van der Waals surface area contributed by atoms with Crippen LogP contribution in [0.25, 0.3) is 0 Å². The largest absolute Gasteiger partial charge is 0.421 e. The maximum atomic E-state index is 13.1. The molecule has 0 saturated carbocycles. The number of hydrogen-bond acceptors (Lipinski definition) is 4. The molecule has 0 aliphatic heterocycles. The van der Waals surface area contributed by atoms with Crippen molar-refractivity contribution in [3.8, 4) is 0 Å². The molecule has 0 radical (unpaired) electrons. The van der Waals surface area contributed by atoms with Crippen LogP contribution in [0.2, 0.25) is 0 Å². The Morgan fingerprint density at radius 3 is 2.33 bits per heavy atom. The van der Waals surface area contributed by atoms with Gasteiger partial charge in [-0.1, -0.05) is 18.2 Å². The zero-order valence-corrected chi connectivity index (χ0v) is 12.1. The molecule has 0 spiro atoms. The molecule has 2 aromatic rings. The molecule has 21 heavy (non-hydrogen) atoms. The summed E-state index contributed by atoms with van der Waals surface area (Å²) in [7, 11) is -0.0959. The highest BCUT2D eigenvalue weighted by molar-refractivity contribution is 7.84. The van der Waals surface area contributed by atoms with Gasteiger partial charge in [0.05, 0.1) is 10.8 Å². The highest BCUT2D eigenvalue weighted by Crippen LogP contribution is 2.37. The van der Waals surface area contributed by atoms with Crippen molar-refractivity contribution >= 4 is 22.3 Å². The van der Waals surface area contributed by atoms with Gasteiger partial charge in [-0.05, 0) is 12.1 Å². The highest BCUT2D eigenvalue weighted by atomic mass is 32.2. The Bertz CT molecular complexity index is 661. The lowest BCUT2D eigenvalue weighted by Gasteiger charge is -2.22. The van der Waals surface area contributed by atoms with Crippen LogP contribution in [0.3, 0.4) is 0 Å². The number of nitrogens with zero attached hydrogens (tertiary/aromatic N) is 3. The molecule has 1 unspecified atom stereocenters. The Labute approximate surface area is 122 Å². The Hall–Kier alpha value is -1.96. The van der Waals surface area contributed by atoms with Gasteiger partial charge in [-0.15, -0.1) is 0 Å².